The Morgan fingerprint density at radius 2 is 1.85 bits per heavy atom. The molecule has 26 heavy (non-hydrogen) atoms. The number of alkyl halides is 3. The lowest BCUT2D eigenvalue weighted by Crippen LogP contribution is -2.56. The number of nitrogens with zero attached hydrogens (tertiary/aromatic N) is 3. The van der Waals surface area contributed by atoms with E-state index in [0.29, 0.717) is 57.6 Å². The molecule has 1 heterocycles. The van der Waals surface area contributed by atoms with E-state index in [1.807, 2.05) is 4.90 Å². The number of hydrogen-bond acceptors (Lipinski definition) is 3. The molecule has 0 radical (unpaired) electrons. The maximum Gasteiger partial charge on any atom is 0.403 e. The van der Waals surface area contributed by atoms with Gasteiger partial charge in [0.2, 0.25) is 5.91 Å². The zero-order valence-electron chi connectivity index (χ0n) is 15.3. The van der Waals surface area contributed by atoms with Crippen LogP contribution in [0.2, 0.25) is 0 Å². The summed E-state index contributed by atoms with van der Waals surface area (Å²) in [6.45, 7) is 3.53. The topological polar surface area (TPSA) is 60.0 Å². The Morgan fingerprint density at radius 1 is 1.23 bits per heavy atom. The molecule has 0 aromatic heterocycles. The number of rotatable bonds is 6. The largest absolute Gasteiger partial charge is 0.403 e. The van der Waals surface area contributed by atoms with Crippen LogP contribution < -0.4 is 10.6 Å². The highest BCUT2D eigenvalue weighted by molar-refractivity contribution is 14.0. The summed E-state index contributed by atoms with van der Waals surface area (Å²) < 4.78 is 38.4. The molecular formula is C16H29F3IN5O. The van der Waals surface area contributed by atoms with Gasteiger partial charge < -0.3 is 15.5 Å². The Bertz CT molecular complexity index is 477. The third-order valence-electron chi connectivity index (χ3n) is 4.65. The second kappa shape index (κ2) is 10.5. The molecule has 1 atom stereocenters. The first-order chi connectivity index (χ1) is 11.8. The number of hydrogen-bond donors (Lipinski definition) is 2. The van der Waals surface area contributed by atoms with Gasteiger partial charge in [-0.2, -0.15) is 13.2 Å². The quantitative estimate of drug-likeness (QED) is 0.258. The Morgan fingerprint density at radius 3 is 2.35 bits per heavy atom. The molecule has 1 aliphatic heterocycles. The molecule has 0 aromatic rings. The number of nitrogens with one attached hydrogen (secondary N) is 2. The highest BCUT2D eigenvalue weighted by Gasteiger charge is 2.41. The van der Waals surface area contributed by atoms with E-state index < -0.39 is 12.2 Å². The maximum atomic E-state index is 12.8. The van der Waals surface area contributed by atoms with Crippen LogP contribution in [0.5, 0.6) is 0 Å². The van der Waals surface area contributed by atoms with Crippen molar-refractivity contribution in [2.24, 2.45) is 4.99 Å². The zero-order chi connectivity index (χ0) is 18.4. The Kier molecular flexibility index (Phi) is 9.42. The maximum absolute atomic E-state index is 12.8. The number of halogens is 4. The highest BCUT2D eigenvalue weighted by Crippen LogP contribution is 2.25. The van der Waals surface area contributed by atoms with Gasteiger partial charge in [0, 0.05) is 52.2 Å². The van der Waals surface area contributed by atoms with Crippen LogP contribution in [0.3, 0.4) is 0 Å². The van der Waals surface area contributed by atoms with Gasteiger partial charge in [0.15, 0.2) is 5.96 Å². The van der Waals surface area contributed by atoms with Crippen molar-refractivity contribution in [3.05, 3.63) is 0 Å². The fraction of sp³-hybridized carbons (Fsp3) is 0.875. The van der Waals surface area contributed by atoms with Gasteiger partial charge in [0.25, 0.3) is 0 Å². The molecule has 1 aliphatic carbocycles. The number of guanidine groups is 1. The minimum atomic E-state index is -4.19. The summed E-state index contributed by atoms with van der Waals surface area (Å²) in [6, 6.07) is -1.04. The van der Waals surface area contributed by atoms with Crippen molar-refractivity contribution >= 4 is 35.8 Å². The van der Waals surface area contributed by atoms with E-state index in [2.05, 4.69) is 15.6 Å². The van der Waals surface area contributed by atoms with E-state index >= 15 is 0 Å². The fourth-order valence-corrected chi connectivity index (χ4v) is 2.84. The number of aliphatic imine (C=N–C) groups is 1. The van der Waals surface area contributed by atoms with E-state index in [1.165, 1.54) is 11.8 Å². The standard InChI is InChI=1S/C16H28F3N5O.HI/c1-12(16(17,18)19)23-8-10-24(11-9-23)15(20-2)21-7-3-4-14(25)22-13-5-6-13;/h12-13H,3-11H2,1-2H3,(H,20,21)(H,22,25);1H. The van der Waals surface area contributed by atoms with Crippen molar-refractivity contribution in [3.8, 4) is 0 Å². The molecule has 2 aliphatic rings. The molecule has 1 saturated heterocycles. The predicted octanol–water partition coefficient (Wildman–Crippen LogP) is 1.81. The van der Waals surface area contributed by atoms with Crippen LogP contribution in [-0.2, 0) is 4.79 Å². The molecule has 0 aromatic carbocycles. The lowest BCUT2D eigenvalue weighted by atomic mass is 10.2. The predicted molar refractivity (Wildman–Crippen MR) is 106 cm³/mol. The highest BCUT2D eigenvalue weighted by atomic mass is 127. The fourth-order valence-electron chi connectivity index (χ4n) is 2.84. The molecule has 1 saturated carbocycles. The minimum absolute atomic E-state index is 0. The molecule has 0 bridgehead atoms. The van der Waals surface area contributed by atoms with Crippen LogP contribution in [0, 0.1) is 0 Å². The Balaban J connectivity index is 0.00000338. The molecule has 0 spiro atoms. The average molecular weight is 491 g/mol. The van der Waals surface area contributed by atoms with Crippen LogP contribution in [0.1, 0.15) is 32.6 Å². The molecular weight excluding hydrogens is 462 g/mol. The van der Waals surface area contributed by atoms with Crippen molar-refractivity contribution in [2.45, 2.75) is 50.9 Å². The summed E-state index contributed by atoms with van der Waals surface area (Å²) in [5, 5.41) is 6.14. The zero-order valence-corrected chi connectivity index (χ0v) is 17.6. The first-order valence-corrected chi connectivity index (χ1v) is 8.87. The smallest absolute Gasteiger partial charge is 0.356 e. The monoisotopic (exact) mass is 491 g/mol. The molecule has 2 N–H and O–H groups in total. The number of carbonyl (C=O) groups is 1. The molecule has 1 amide bonds. The molecule has 6 nitrogen and oxygen atoms in total. The first kappa shape index (κ1) is 23.3. The van der Waals surface area contributed by atoms with Crippen LogP contribution in [0.4, 0.5) is 13.2 Å². The van der Waals surface area contributed by atoms with Gasteiger partial charge in [-0.05, 0) is 26.2 Å². The van der Waals surface area contributed by atoms with Gasteiger partial charge in [-0.3, -0.25) is 14.7 Å². The van der Waals surface area contributed by atoms with Gasteiger partial charge in [-0.15, -0.1) is 24.0 Å². The summed E-state index contributed by atoms with van der Waals surface area (Å²) in [7, 11) is 1.66. The van der Waals surface area contributed by atoms with Crippen molar-refractivity contribution in [1.29, 1.82) is 0 Å². The van der Waals surface area contributed by atoms with Crippen LogP contribution in [-0.4, -0.2) is 79.7 Å². The third kappa shape index (κ3) is 7.45. The summed E-state index contributed by atoms with van der Waals surface area (Å²) in [5.41, 5.74) is 0. The van der Waals surface area contributed by atoms with Crippen LogP contribution in [0.25, 0.3) is 0 Å². The van der Waals surface area contributed by atoms with Gasteiger partial charge >= 0.3 is 6.18 Å². The summed E-state index contributed by atoms with van der Waals surface area (Å²) >= 11 is 0. The van der Waals surface area contributed by atoms with Crippen molar-refractivity contribution in [1.82, 2.24) is 20.4 Å². The average Bonchev–Trinajstić information content (AvgIpc) is 3.37. The first-order valence-electron chi connectivity index (χ1n) is 8.87. The van der Waals surface area contributed by atoms with E-state index in [0.717, 1.165) is 12.8 Å². The van der Waals surface area contributed by atoms with E-state index in [9.17, 15) is 18.0 Å². The number of amides is 1. The Labute approximate surface area is 170 Å². The molecule has 2 fully saturated rings. The van der Waals surface area contributed by atoms with Gasteiger partial charge in [-0.1, -0.05) is 0 Å². The van der Waals surface area contributed by atoms with Crippen LogP contribution >= 0.6 is 24.0 Å². The third-order valence-corrected chi connectivity index (χ3v) is 4.65. The second-order valence-corrected chi connectivity index (χ2v) is 6.66. The molecule has 2 rings (SSSR count). The second-order valence-electron chi connectivity index (χ2n) is 6.66. The number of carbonyl (C=O) groups excluding carboxylic acids is 1. The SMILES string of the molecule is CN=C(NCCCC(=O)NC1CC1)N1CCN(C(C)C(F)(F)F)CC1.I. The van der Waals surface area contributed by atoms with E-state index in [1.54, 1.807) is 7.05 Å². The number of piperazine rings is 1. The summed E-state index contributed by atoms with van der Waals surface area (Å²) in [4.78, 5) is 19.2. The molecule has 10 heteroatoms. The van der Waals surface area contributed by atoms with Gasteiger partial charge in [0.1, 0.15) is 6.04 Å². The lowest BCUT2D eigenvalue weighted by Gasteiger charge is -2.39. The van der Waals surface area contributed by atoms with Crippen LogP contribution in [0.15, 0.2) is 4.99 Å². The minimum Gasteiger partial charge on any atom is -0.356 e. The summed E-state index contributed by atoms with van der Waals surface area (Å²) in [5.74, 6) is 0.760. The molecule has 152 valence electrons. The van der Waals surface area contributed by atoms with E-state index in [4.69, 9.17) is 0 Å². The lowest BCUT2D eigenvalue weighted by molar-refractivity contribution is -0.181. The van der Waals surface area contributed by atoms with Gasteiger partial charge in [0.05, 0.1) is 0 Å². The normalized spacial score (nSPS) is 20.3. The summed E-state index contributed by atoms with van der Waals surface area (Å²) in [6.07, 6.45) is -0.867. The van der Waals surface area contributed by atoms with E-state index in [-0.39, 0.29) is 29.9 Å². The van der Waals surface area contributed by atoms with Gasteiger partial charge in [-0.25, -0.2) is 0 Å². The van der Waals surface area contributed by atoms with Crippen molar-refractivity contribution < 1.29 is 18.0 Å². The van der Waals surface area contributed by atoms with Crippen molar-refractivity contribution in [3.63, 3.8) is 0 Å². The Hall–Kier alpha value is -0.780. The van der Waals surface area contributed by atoms with Crippen molar-refractivity contribution in [2.75, 3.05) is 39.8 Å². The molecule has 1 unspecified atom stereocenters.